The second kappa shape index (κ2) is 6.76. The van der Waals surface area contributed by atoms with Gasteiger partial charge in [-0.25, -0.2) is 4.98 Å². The number of nitrogens with one attached hydrogen (secondary N) is 1. The predicted octanol–water partition coefficient (Wildman–Crippen LogP) is 3.89. The lowest BCUT2D eigenvalue weighted by atomic mass is 10.0. The van der Waals surface area contributed by atoms with Gasteiger partial charge in [-0.2, -0.15) is 0 Å². The highest BCUT2D eigenvalue weighted by molar-refractivity contribution is 7.11. The molecule has 1 saturated heterocycles. The average molecular weight is 308 g/mol. The van der Waals surface area contributed by atoms with Crippen molar-refractivity contribution in [2.75, 3.05) is 6.54 Å². The number of rotatable bonds is 6. The Morgan fingerprint density at radius 3 is 2.76 bits per heavy atom. The molecule has 1 aromatic heterocycles. The van der Waals surface area contributed by atoms with Crippen LogP contribution in [0, 0.1) is 0 Å². The quantitative estimate of drug-likeness (QED) is 0.864. The van der Waals surface area contributed by atoms with Crippen molar-refractivity contribution in [2.45, 2.75) is 84.0 Å². The van der Waals surface area contributed by atoms with Gasteiger partial charge in [-0.05, 0) is 45.1 Å². The molecule has 0 aromatic carbocycles. The Balaban J connectivity index is 1.67. The molecule has 2 heterocycles. The largest absolute Gasteiger partial charge is 0.309 e. The number of piperidine rings is 1. The third-order valence-electron chi connectivity index (χ3n) is 4.73. The lowest BCUT2D eigenvalue weighted by Crippen LogP contribution is -2.36. The van der Waals surface area contributed by atoms with Crippen molar-refractivity contribution in [2.24, 2.45) is 0 Å². The Kier molecular flexibility index (Phi) is 4.97. The van der Waals surface area contributed by atoms with Crippen LogP contribution in [-0.4, -0.2) is 28.5 Å². The van der Waals surface area contributed by atoms with Crippen LogP contribution >= 0.6 is 11.3 Å². The maximum absolute atomic E-state index is 4.97. The van der Waals surface area contributed by atoms with Crippen LogP contribution in [0.5, 0.6) is 0 Å². The van der Waals surface area contributed by atoms with Crippen LogP contribution in [0.1, 0.15) is 74.4 Å². The Morgan fingerprint density at radius 2 is 2.10 bits per heavy atom. The molecule has 21 heavy (non-hydrogen) atoms. The molecule has 3 rings (SSSR count). The fourth-order valence-corrected chi connectivity index (χ4v) is 4.35. The fraction of sp³-hybridized carbons (Fsp3) is 0.824. The number of hydrogen-bond donors (Lipinski definition) is 1. The van der Waals surface area contributed by atoms with Gasteiger partial charge in [0.05, 0.1) is 12.2 Å². The van der Waals surface area contributed by atoms with E-state index in [4.69, 9.17) is 4.98 Å². The van der Waals surface area contributed by atoms with E-state index < -0.39 is 0 Å². The maximum Gasteiger partial charge on any atom is 0.107 e. The molecular weight excluding hydrogens is 278 g/mol. The molecule has 1 N–H and O–H groups in total. The van der Waals surface area contributed by atoms with E-state index in [9.17, 15) is 0 Å². The highest BCUT2D eigenvalue weighted by atomic mass is 32.1. The lowest BCUT2D eigenvalue weighted by molar-refractivity contribution is 0.152. The molecule has 0 bridgehead atoms. The van der Waals surface area contributed by atoms with Gasteiger partial charge in [0.25, 0.3) is 0 Å². The van der Waals surface area contributed by atoms with Crippen LogP contribution in [0.15, 0.2) is 0 Å². The minimum atomic E-state index is 0.532. The van der Waals surface area contributed by atoms with Gasteiger partial charge in [0.1, 0.15) is 5.01 Å². The minimum Gasteiger partial charge on any atom is -0.309 e. The van der Waals surface area contributed by atoms with Gasteiger partial charge in [0.2, 0.25) is 0 Å². The molecule has 2 fully saturated rings. The van der Waals surface area contributed by atoms with Crippen LogP contribution in [0.2, 0.25) is 0 Å². The van der Waals surface area contributed by atoms with Crippen molar-refractivity contribution in [3.05, 3.63) is 15.6 Å². The summed E-state index contributed by atoms with van der Waals surface area (Å²) in [6.07, 6.45) is 6.80. The van der Waals surface area contributed by atoms with E-state index in [-0.39, 0.29) is 0 Å². The van der Waals surface area contributed by atoms with Gasteiger partial charge in [-0.15, -0.1) is 11.3 Å². The van der Waals surface area contributed by atoms with Crippen LogP contribution in [-0.2, 0) is 13.1 Å². The zero-order valence-corrected chi connectivity index (χ0v) is 14.5. The van der Waals surface area contributed by atoms with Gasteiger partial charge >= 0.3 is 0 Å². The first-order valence-corrected chi connectivity index (χ1v) is 9.41. The Hall–Kier alpha value is -0.450. The molecule has 2 aliphatic rings. The molecule has 1 aromatic rings. The molecule has 1 unspecified atom stereocenters. The number of thiazole rings is 1. The van der Waals surface area contributed by atoms with E-state index in [0.717, 1.165) is 25.2 Å². The average Bonchev–Trinajstić information content (AvgIpc) is 3.19. The molecule has 1 aliphatic carbocycles. The summed E-state index contributed by atoms with van der Waals surface area (Å²) >= 11 is 1.94. The van der Waals surface area contributed by atoms with E-state index in [1.165, 1.54) is 54.2 Å². The summed E-state index contributed by atoms with van der Waals surface area (Å²) < 4.78 is 0. The molecule has 0 spiro atoms. The van der Waals surface area contributed by atoms with Crippen LogP contribution in [0.3, 0.4) is 0 Å². The molecule has 0 radical (unpaired) electrons. The number of nitrogens with zero attached hydrogens (tertiary/aromatic N) is 2. The monoisotopic (exact) mass is 307 g/mol. The topological polar surface area (TPSA) is 28.2 Å². The van der Waals surface area contributed by atoms with E-state index in [0.29, 0.717) is 5.92 Å². The molecule has 0 amide bonds. The second-order valence-corrected chi connectivity index (χ2v) is 8.21. The number of hydrogen-bond acceptors (Lipinski definition) is 4. The Morgan fingerprint density at radius 1 is 1.29 bits per heavy atom. The zero-order valence-electron chi connectivity index (χ0n) is 13.7. The summed E-state index contributed by atoms with van der Waals surface area (Å²) in [7, 11) is 0. The minimum absolute atomic E-state index is 0.532. The summed E-state index contributed by atoms with van der Waals surface area (Å²) in [5.74, 6) is 0.532. The predicted molar refractivity (Wildman–Crippen MR) is 89.8 cm³/mol. The summed E-state index contributed by atoms with van der Waals surface area (Å²) in [6.45, 7) is 10.2. The first kappa shape index (κ1) is 15.4. The highest BCUT2D eigenvalue weighted by Crippen LogP contribution is 2.29. The summed E-state index contributed by atoms with van der Waals surface area (Å²) in [6, 6.07) is 1.50. The number of likely N-dealkylation sites (tertiary alicyclic amines) is 1. The van der Waals surface area contributed by atoms with E-state index in [1.54, 1.807) is 0 Å². The first-order chi connectivity index (χ1) is 10.1. The van der Waals surface area contributed by atoms with Gasteiger partial charge in [-0.3, -0.25) is 4.90 Å². The van der Waals surface area contributed by atoms with Crippen molar-refractivity contribution < 1.29 is 0 Å². The lowest BCUT2D eigenvalue weighted by Gasteiger charge is -2.32. The van der Waals surface area contributed by atoms with Crippen LogP contribution in [0.25, 0.3) is 0 Å². The standard InChI is InChI=1S/C17H29N3S/c1-12(2)17-15(10-18-14-7-8-14)21-16(19-17)11-20-9-5-4-6-13(20)3/h12-14,18H,4-11H2,1-3H3. The second-order valence-electron chi connectivity index (χ2n) is 7.04. The Labute approximate surface area is 133 Å². The molecule has 1 aliphatic heterocycles. The molecule has 3 nitrogen and oxygen atoms in total. The van der Waals surface area contributed by atoms with Crippen molar-refractivity contribution in [1.82, 2.24) is 15.2 Å². The van der Waals surface area contributed by atoms with Crippen molar-refractivity contribution >= 4 is 11.3 Å². The summed E-state index contributed by atoms with van der Waals surface area (Å²) in [4.78, 5) is 9.06. The van der Waals surface area contributed by atoms with Gasteiger partial charge in [0, 0.05) is 23.5 Å². The third kappa shape index (κ3) is 4.05. The smallest absolute Gasteiger partial charge is 0.107 e. The highest BCUT2D eigenvalue weighted by Gasteiger charge is 2.24. The SMILES string of the molecule is CC(C)c1nc(CN2CCCCC2C)sc1CNC1CC1. The summed E-state index contributed by atoms with van der Waals surface area (Å²) in [5, 5.41) is 4.97. The zero-order chi connectivity index (χ0) is 14.8. The van der Waals surface area contributed by atoms with Gasteiger partial charge < -0.3 is 5.32 Å². The van der Waals surface area contributed by atoms with Crippen LogP contribution in [0.4, 0.5) is 0 Å². The molecule has 118 valence electrons. The van der Waals surface area contributed by atoms with Crippen molar-refractivity contribution in [3.63, 3.8) is 0 Å². The van der Waals surface area contributed by atoms with Crippen molar-refractivity contribution in [3.8, 4) is 0 Å². The Bertz CT molecular complexity index is 465. The van der Waals surface area contributed by atoms with Gasteiger partial charge in [-0.1, -0.05) is 20.3 Å². The maximum atomic E-state index is 4.97. The fourth-order valence-electron chi connectivity index (χ4n) is 3.15. The van der Waals surface area contributed by atoms with Gasteiger partial charge in [0.15, 0.2) is 0 Å². The van der Waals surface area contributed by atoms with E-state index in [1.807, 2.05) is 11.3 Å². The normalized spacial score (nSPS) is 23.9. The third-order valence-corrected chi connectivity index (χ3v) is 5.78. The number of aromatic nitrogens is 1. The van der Waals surface area contributed by atoms with E-state index in [2.05, 4.69) is 31.0 Å². The van der Waals surface area contributed by atoms with E-state index >= 15 is 0 Å². The molecular formula is C17H29N3S. The molecule has 1 saturated carbocycles. The van der Waals surface area contributed by atoms with Crippen LogP contribution < -0.4 is 5.32 Å². The molecule has 4 heteroatoms. The summed E-state index contributed by atoms with van der Waals surface area (Å²) in [5.41, 5.74) is 1.33. The molecule has 1 atom stereocenters. The first-order valence-electron chi connectivity index (χ1n) is 8.59. The van der Waals surface area contributed by atoms with Crippen molar-refractivity contribution in [1.29, 1.82) is 0 Å².